The molecule has 0 aliphatic carbocycles. The van der Waals surface area contributed by atoms with Crippen LogP contribution in [-0.2, 0) is 53.3 Å². The first kappa shape index (κ1) is 67.5. The Hall–Kier alpha value is -8.39. The van der Waals surface area contributed by atoms with Gasteiger partial charge in [0.1, 0.15) is 64.8 Å². The highest BCUT2D eigenvalue weighted by Gasteiger charge is 2.57. The Bertz CT molecular complexity index is 4090. The van der Waals surface area contributed by atoms with Crippen molar-refractivity contribution < 1.29 is 71.3 Å². The Morgan fingerprint density at radius 1 is 0.624 bits per heavy atom. The van der Waals surface area contributed by atoms with Crippen LogP contribution >= 0.6 is 18.2 Å². The molecule has 2 unspecified atom stereocenters. The monoisotopic (exact) mass is 1310 g/mol. The van der Waals surface area contributed by atoms with E-state index < -0.39 is 114 Å². The summed E-state index contributed by atoms with van der Waals surface area (Å²) < 4.78 is 87.2. The number of aryl methyl sites for hydroxylation is 2. The fourth-order valence-electron chi connectivity index (χ4n) is 11.3. The quantitative estimate of drug-likeness (QED) is 0.0179. The first-order valence-electron chi connectivity index (χ1n) is 29.6. The minimum absolute atomic E-state index is 0.0963. The molecule has 10 rings (SSSR count). The Balaban J connectivity index is 1.10. The van der Waals surface area contributed by atoms with Gasteiger partial charge in [-0.05, 0) is 117 Å². The molecule has 23 nitrogen and oxygen atoms in total. The van der Waals surface area contributed by atoms with Gasteiger partial charge in [-0.15, -0.1) is 0 Å². The van der Waals surface area contributed by atoms with Crippen molar-refractivity contribution >= 4 is 24.1 Å². The minimum atomic E-state index is -5.33. The van der Waals surface area contributed by atoms with Crippen LogP contribution in [0, 0.1) is 19.3 Å². The molecular weight excluding hydrogens is 1240 g/mol. The number of hydrogen-bond donors (Lipinski definition) is 4. The molecule has 2 aromatic heterocycles. The number of methoxy groups -OCH3 is 4. The topological polar surface area (TPSA) is 286 Å². The van der Waals surface area contributed by atoms with Crippen LogP contribution in [0.2, 0.25) is 0 Å². The molecule has 4 N–H and O–H groups in total. The Kier molecular flexibility index (Phi) is 20.4. The van der Waals surface area contributed by atoms with E-state index in [0.717, 1.165) is 9.13 Å². The molecule has 4 heterocycles. The van der Waals surface area contributed by atoms with Crippen molar-refractivity contribution in [2.24, 2.45) is 5.41 Å². The first-order chi connectivity index (χ1) is 44.5. The van der Waals surface area contributed by atoms with Crippen molar-refractivity contribution in [3.05, 3.63) is 256 Å². The summed E-state index contributed by atoms with van der Waals surface area (Å²) in [7, 11) is 6.12. The molecule has 2 saturated heterocycles. The van der Waals surface area contributed by atoms with E-state index in [-0.39, 0.29) is 28.9 Å². The average Bonchev–Trinajstić information content (AvgIpc) is 1.70. The number of carbonyl (C=O) groups excluding carboxylic acids is 1. The van der Waals surface area contributed by atoms with Crippen molar-refractivity contribution in [3.63, 3.8) is 0 Å². The summed E-state index contributed by atoms with van der Waals surface area (Å²) in [6.07, 6.45) is -8.49. The standard InChI is InChI=1S/C68H73N4O19PS/c1-42-38-71(63(77)69-59(42)73)56-36-54(89-68(45-18-14-11-15-19-45,48-24-32-52(83-8)33-25-48)49-26-34-53(84-9)35-27-49)58(88-56)61(75)90-92(80,93-41-85-62(76)65(3,4)5)91-66(79)37-57(72-39-43(2)60(74)70-64(72)78)87-55(66)40-86-67(44-16-12-10-13-17-44,46-20-28-50(81-6)29-21-46)47-22-30-51(82-7)31-23-47/h10-35,38-39,54-58,61,75,79H,36-37,40-41H2,1-9H3,(H,69,73,77)(H,70,74,78)/t54-,55+,56+,57+,58-,61?,66-,92?/m0/s1. The zero-order valence-corrected chi connectivity index (χ0v) is 54.3. The van der Waals surface area contributed by atoms with Gasteiger partial charge in [-0.2, -0.15) is 0 Å². The number of aromatic nitrogens is 4. The first-order valence-corrected chi connectivity index (χ1v) is 32.8. The number of aliphatic hydroxyl groups excluding tert-OH is 1. The van der Waals surface area contributed by atoms with Crippen LogP contribution in [0.4, 0.5) is 0 Å². The summed E-state index contributed by atoms with van der Waals surface area (Å²) in [5.74, 6) is -2.22. The molecule has 2 fully saturated rings. The lowest BCUT2D eigenvalue weighted by atomic mass is 9.79. The van der Waals surface area contributed by atoms with Gasteiger partial charge in [-0.1, -0.05) is 109 Å². The predicted octanol–water partition coefficient (Wildman–Crippen LogP) is 9.13. The number of ether oxygens (including phenoxy) is 9. The number of hydrogen-bond acceptors (Lipinski definition) is 20. The molecule has 490 valence electrons. The fraction of sp³-hybridized carbons (Fsp3) is 0.338. The second kappa shape index (κ2) is 28.1. The fourth-order valence-corrected chi connectivity index (χ4v) is 14.3. The number of H-pyrrole nitrogens is 2. The molecule has 8 aromatic rings. The lowest BCUT2D eigenvalue weighted by Gasteiger charge is -2.40. The number of rotatable bonds is 25. The van der Waals surface area contributed by atoms with E-state index in [0.29, 0.717) is 56.4 Å². The smallest absolute Gasteiger partial charge is 0.397 e. The molecule has 2 aliphatic rings. The van der Waals surface area contributed by atoms with E-state index in [1.54, 1.807) is 118 Å². The third kappa shape index (κ3) is 14.3. The zero-order chi connectivity index (χ0) is 66.5. The maximum Gasteiger partial charge on any atom is 0.397 e. The largest absolute Gasteiger partial charge is 0.497 e. The predicted molar refractivity (Wildman–Crippen MR) is 343 cm³/mol. The molecule has 2 aliphatic heterocycles. The van der Waals surface area contributed by atoms with Gasteiger partial charge in [0, 0.05) is 41.3 Å². The van der Waals surface area contributed by atoms with Crippen molar-refractivity contribution in [1.82, 2.24) is 19.1 Å². The minimum Gasteiger partial charge on any atom is -0.497 e. The van der Waals surface area contributed by atoms with E-state index in [4.69, 9.17) is 51.7 Å². The third-order valence-corrected chi connectivity index (χ3v) is 19.5. The SMILES string of the molecule is COc1ccc(C(OC[C@H]2O[C@@H](n3cc(C)c(=O)[nH]c3=O)C[C@]2(O)OP(=O)(OC(O)[C@H]2O[C@@H](n3cc(C)c(=O)[nH]c3=O)C[C@@H]2OC(c2ccccc2)(c2ccc(OC)cc2)c2ccc(OC)cc2)SCOC(=O)C(C)(C)C)(c2ccccc2)c2ccc(OC)cc2)cc1. The third-order valence-electron chi connectivity index (χ3n) is 16.2. The van der Waals surface area contributed by atoms with Gasteiger partial charge >= 0.3 is 24.1 Å². The molecule has 6 aromatic carbocycles. The number of aliphatic hydroxyl groups is 2. The summed E-state index contributed by atoms with van der Waals surface area (Å²) in [6.45, 7) is 1.80. The molecule has 93 heavy (non-hydrogen) atoms. The summed E-state index contributed by atoms with van der Waals surface area (Å²) in [5.41, 5.74) is -3.73. The number of nitrogens with one attached hydrogen (secondary N) is 2. The number of esters is 1. The number of benzene rings is 6. The highest BCUT2D eigenvalue weighted by Crippen LogP contribution is 2.66. The van der Waals surface area contributed by atoms with Gasteiger partial charge in [0.05, 0.1) is 53.0 Å². The summed E-state index contributed by atoms with van der Waals surface area (Å²) >= 11 is 0.281. The maximum atomic E-state index is 16.3. The van der Waals surface area contributed by atoms with E-state index in [1.807, 2.05) is 60.7 Å². The van der Waals surface area contributed by atoms with Crippen LogP contribution in [0.25, 0.3) is 0 Å². The van der Waals surface area contributed by atoms with Gasteiger partial charge in [0.25, 0.3) is 11.1 Å². The summed E-state index contributed by atoms with van der Waals surface area (Å²) in [6, 6.07) is 46.7. The second-order valence-electron chi connectivity index (χ2n) is 23.3. The molecule has 8 atom stereocenters. The number of nitrogens with zero attached hydrogens (tertiary/aromatic N) is 2. The molecule has 25 heteroatoms. The molecule has 0 radical (unpaired) electrons. The molecule has 0 amide bonds. The lowest BCUT2D eigenvalue weighted by molar-refractivity contribution is -0.211. The Morgan fingerprint density at radius 3 is 1.46 bits per heavy atom. The Labute approximate surface area is 539 Å². The van der Waals surface area contributed by atoms with Crippen molar-refractivity contribution in [3.8, 4) is 23.0 Å². The van der Waals surface area contributed by atoms with Crippen LogP contribution in [-0.4, -0.2) is 107 Å². The van der Waals surface area contributed by atoms with Gasteiger partial charge in [-0.3, -0.25) is 42.5 Å². The van der Waals surface area contributed by atoms with Crippen LogP contribution in [0.15, 0.2) is 189 Å². The van der Waals surface area contributed by atoms with Crippen LogP contribution in [0.3, 0.4) is 0 Å². The number of aromatic amines is 2. The van der Waals surface area contributed by atoms with Crippen LogP contribution < -0.4 is 41.4 Å². The van der Waals surface area contributed by atoms with E-state index in [1.165, 1.54) is 54.7 Å². The highest BCUT2D eigenvalue weighted by molar-refractivity contribution is 8.55. The summed E-state index contributed by atoms with van der Waals surface area (Å²) in [4.78, 5) is 71.3. The highest BCUT2D eigenvalue weighted by atomic mass is 32.7. The zero-order valence-electron chi connectivity index (χ0n) is 52.5. The Morgan fingerprint density at radius 2 is 1.03 bits per heavy atom. The van der Waals surface area contributed by atoms with E-state index in [9.17, 15) is 34.2 Å². The van der Waals surface area contributed by atoms with Gasteiger partial charge < -0.3 is 52.8 Å². The second-order valence-corrected chi connectivity index (χ2v) is 27.2. The van der Waals surface area contributed by atoms with E-state index >= 15 is 4.57 Å². The normalized spacial score (nSPS) is 20.1. The van der Waals surface area contributed by atoms with Crippen LogP contribution in [0.1, 0.15) is 90.6 Å². The summed E-state index contributed by atoms with van der Waals surface area (Å²) in [5, 5.41) is 26.4. The number of carbonyl (C=O) groups is 1. The molecule has 0 spiro atoms. The van der Waals surface area contributed by atoms with Gasteiger partial charge in [0.15, 0.2) is 6.29 Å². The van der Waals surface area contributed by atoms with Gasteiger partial charge in [-0.25, -0.2) is 14.2 Å². The van der Waals surface area contributed by atoms with Crippen molar-refractivity contribution in [1.29, 1.82) is 0 Å². The van der Waals surface area contributed by atoms with Gasteiger partial charge in [0.2, 0.25) is 5.79 Å². The molecular formula is C68H73N4O19PS. The average molecular weight is 1310 g/mol. The van der Waals surface area contributed by atoms with Crippen molar-refractivity contribution in [2.45, 2.75) is 102 Å². The molecule has 0 bridgehead atoms. The van der Waals surface area contributed by atoms with Crippen molar-refractivity contribution in [2.75, 3.05) is 41.0 Å². The van der Waals surface area contributed by atoms with Crippen LogP contribution in [0.5, 0.6) is 23.0 Å². The van der Waals surface area contributed by atoms with E-state index in [2.05, 4.69) is 9.97 Å². The maximum absolute atomic E-state index is 16.3. The molecule has 0 saturated carbocycles. The lowest BCUT2D eigenvalue weighted by Crippen LogP contribution is -2.46.